The molecule has 1 heterocycles. The van der Waals surface area contributed by atoms with Crippen molar-refractivity contribution in [3.8, 4) is 5.75 Å². The summed E-state index contributed by atoms with van der Waals surface area (Å²) in [6.07, 6.45) is -2.08. The number of ether oxygens (including phenoxy) is 2. The average molecular weight is 427 g/mol. The number of allylic oxidation sites excluding steroid dienone is 1. The number of ketones is 1. The van der Waals surface area contributed by atoms with Crippen LogP contribution in [-0.4, -0.2) is 64.3 Å². The maximum absolute atomic E-state index is 12.4. The Kier molecular flexibility index (Phi) is 7.54. The average Bonchev–Trinajstić information content (AvgIpc) is 2.78. The zero-order valence-electron chi connectivity index (χ0n) is 16.9. The van der Waals surface area contributed by atoms with Crippen LogP contribution in [0.2, 0.25) is 0 Å². The lowest BCUT2D eigenvalue weighted by molar-refractivity contribution is -0.244. The van der Waals surface area contributed by atoms with Crippen LogP contribution < -0.4 is 10.1 Å². The van der Waals surface area contributed by atoms with Crippen molar-refractivity contribution in [2.24, 2.45) is 0 Å². The van der Waals surface area contributed by atoms with Gasteiger partial charge in [0.05, 0.1) is 6.61 Å². The van der Waals surface area contributed by atoms with Gasteiger partial charge in [0.25, 0.3) is 0 Å². The van der Waals surface area contributed by atoms with E-state index in [0.717, 1.165) is 0 Å². The minimum absolute atomic E-state index is 0.181. The summed E-state index contributed by atoms with van der Waals surface area (Å²) in [7, 11) is 0. The number of hydrogen-bond acceptors (Lipinski definition) is 7. The highest BCUT2D eigenvalue weighted by molar-refractivity contribution is 6.06. The summed E-state index contributed by atoms with van der Waals surface area (Å²) in [5, 5.41) is 32.5. The van der Waals surface area contributed by atoms with Gasteiger partial charge in [-0.2, -0.15) is 0 Å². The molecule has 1 aliphatic heterocycles. The molecule has 0 radical (unpaired) electrons. The molecule has 8 nitrogen and oxygen atoms in total. The number of para-hydroxylation sites is 1. The summed E-state index contributed by atoms with van der Waals surface area (Å²) in [4.78, 5) is 23.9. The molecule has 1 amide bonds. The van der Waals surface area contributed by atoms with Crippen LogP contribution in [-0.2, 0) is 9.53 Å². The predicted octanol–water partition coefficient (Wildman–Crippen LogP) is 0.905. The lowest BCUT2D eigenvalue weighted by Gasteiger charge is -2.42. The van der Waals surface area contributed by atoms with Gasteiger partial charge >= 0.3 is 0 Å². The second kappa shape index (κ2) is 10.3. The maximum Gasteiger partial charge on any atom is 0.223 e. The van der Waals surface area contributed by atoms with Crippen LogP contribution in [0.25, 0.3) is 6.08 Å². The number of benzene rings is 2. The number of aliphatic hydroxyl groups is 3. The molecule has 5 atom stereocenters. The molecule has 0 saturated carbocycles. The molecule has 1 aliphatic rings. The first kappa shape index (κ1) is 22.6. The molecule has 1 fully saturated rings. The molecule has 8 heteroatoms. The predicted molar refractivity (Wildman–Crippen MR) is 112 cm³/mol. The fraction of sp³-hybridized carbons (Fsp3) is 0.304. The van der Waals surface area contributed by atoms with E-state index in [0.29, 0.717) is 16.9 Å². The van der Waals surface area contributed by atoms with E-state index in [4.69, 9.17) is 9.47 Å². The first-order chi connectivity index (χ1) is 14.9. The Labute approximate surface area is 179 Å². The second-order valence-corrected chi connectivity index (χ2v) is 7.15. The van der Waals surface area contributed by atoms with E-state index in [2.05, 4.69) is 5.32 Å². The van der Waals surface area contributed by atoms with Crippen LogP contribution in [0, 0.1) is 0 Å². The first-order valence-electron chi connectivity index (χ1n) is 9.83. The van der Waals surface area contributed by atoms with Crippen molar-refractivity contribution in [3.05, 3.63) is 71.8 Å². The van der Waals surface area contributed by atoms with Crippen molar-refractivity contribution in [2.45, 2.75) is 37.6 Å². The number of carbonyl (C=O) groups excluding carboxylic acids is 2. The number of hydrogen-bond donors (Lipinski definition) is 4. The molecule has 0 spiro atoms. The number of amides is 1. The largest absolute Gasteiger partial charge is 0.462 e. The highest BCUT2D eigenvalue weighted by atomic mass is 16.7. The number of carbonyl (C=O) groups is 2. The number of aliphatic hydroxyl groups excluding tert-OH is 3. The van der Waals surface area contributed by atoms with Gasteiger partial charge < -0.3 is 30.1 Å². The quantitative estimate of drug-likeness (QED) is 0.382. The molecule has 2 aromatic carbocycles. The van der Waals surface area contributed by atoms with Gasteiger partial charge in [0.1, 0.15) is 30.1 Å². The fourth-order valence-electron chi connectivity index (χ4n) is 3.29. The molecule has 0 aromatic heterocycles. The van der Waals surface area contributed by atoms with Crippen molar-refractivity contribution in [3.63, 3.8) is 0 Å². The van der Waals surface area contributed by atoms with E-state index in [1.807, 2.05) is 6.07 Å². The molecule has 4 N–H and O–H groups in total. The van der Waals surface area contributed by atoms with Crippen molar-refractivity contribution < 1.29 is 34.4 Å². The van der Waals surface area contributed by atoms with Gasteiger partial charge in [-0.1, -0.05) is 48.5 Å². The Bertz CT molecular complexity index is 931. The summed E-state index contributed by atoms with van der Waals surface area (Å²) in [6, 6.07) is 14.6. The van der Waals surface area contributed by atoms with Crippen LogP contribution in [0.1, 0.15) is 22.8 Å². The third kappa shape index (κ3) is 5.56. The minimum Gasteiger partial charge on any atom is -0.462 e. The summed E-state index contributed by atoms with van der Waals surface area (Å²) in [5.41, 5.74) is 1.11. The molecule has 0 bridgehead atoms. The van der Waals surface area contributed by atoms with E-state index in [9.17, 15) is 24.9 Å². The van der Waals surface area contributed by atoms with Crippen LogP contribution in [0.15, 0.2) is 60.7 Å². The Morgan fingerprint density at radius 1 is 1.06 bits per heavy atom. The molecule has 2 aromatic rings. The topological polar surface area (TPSA) is 125 Å². The SMILES string of the molecule is CC(=O)N[C@@H]1[C@H](Oc2ccccc2C=CC(=O)c2ccccc2)O[C@H](CO)[C@@H](O)[C@@H]1O. The fourth-order valence-corrected chi connectivity index (χ4v) is 3.29. The van der Waals surface area contributed by atoms with Gasteiger partial charge in [-0.15, -0.1) is 0 Å². The summed E-state index contributed by atoms with van der Waals surface area (Å²) in [5.74, 6) is -0.294. The number of nitrogens with one attached hydrogen (secondary N) is 1. The van der Waals surface area contributed by atoms with Crippen molar-refractivity contribution in [1.29, 1.82) is 0 Å². The molecule has 3 rings (SSSR count). The van der Waals surface area contributed by atoms with Gasteiger partial charge in [0, 0.05) is 18.1 Å². The summed E-state index contributed by atoms with van der Waals surface area (Å²) >= 11 is 0. The third-order valence-electron chi connectivity index (χ3n) is 4.89. The van der Waals surface area contributed by atoms with Crippen LogP contribution in [0.4, 0.5) is 0 Å². The standard InChI is InChI=1S/C23H25NO7/c1-14(26)24-20-22(29)21(28)19(13-25)31-23(20)30-18-10-6-5-9-16(18)11-12-17(27)15-7-3-2-4-8-15/h2-12,19-23,25,28-29H,13H2,1H3,(H,24,26)/t19-,20+,21-,22-,23-/m1/s1. The summed E-state index contributed by atoms with van der Waals surface area (Å²) < 4.78 is 11.5. The van der Waals surface area contributed by atoms with Gasteiger partial charge in [0.2, 0.25) is 12.2 Å². The van der Waals surface area contributed by atoms with Crippen LogP contribution in [0.3, 0.4) is 0 Å². The second-order valence-electron chi connectivity index (χ2n) is 7.15. The first-order valence-corrected chi connectivity index (χ1v) is 9.83. The molecular weight excluding hydrogens is 402 g/mol. The molecule has 0 unspecified atom stereocenters. The number of rotatable bonds is 7. The molecular formula is C23H25NO7. The van der Waals surface area contributed by atoms with E-state index in [1.165, 1.54) is 13.0 Å². The van der Waals surface area contributed by atoms with E-state index in [1.54, 1.807) is 54.6 Å². The minimum atomic E-state index is -1.41. The molecule has 31 heavy (non-hydrogen) atoms. The smallest absolute Gasteiger partial charge is 0.223 e. The zero-order chi connectivity index (χ0) is 22.4. The highest BCUT2D eigenvalue weighted by Crippen LogP contribution is 2.27. The van der Waals surface area contributed by atoms with Crippen molar-refractivity contribution >= 4 is 17.8 Å². The lowest BCUT2D eigenvalue weighted by atomic mass is 9.97. The van der Waals surface area contributed by atoms with E-state index in [-0.39, 0.29) is 5.78 Å². The van der Waals surface area contributed by atoms with Crippen LogP contribution in [0.5, 0.6) is 5.75 Å². The Morgan fingerprint density at radius 2 is 1.74 bits per heavy atom. The molecule has 0 aliphatic carbocycles. The zero-order valence-corrected chi connectivity index (χ0v) is 16.9. The molecule has 1 saturated heterocycles. The highest BCUT2D eigenvalue weighted by Gasteiger charge is 2.46. The third-order valence-corrected chi connectivity index (χ3v) is 4.89. The van der Waals surface area contributed by atoms with Gasteiger partial charge in [0.15, 0.2) is 5.78 Å². The Hall–Kier alpha value is -3.04. The van der Waals surface area contributed by atoms with Gasteiger partial charge in [-0.05, 0) is 18.2 Å². The van der Waals surface area contributed by atoms with Crippen molar-refractivity contribution in [1.82, 2.24) is 5.32 Å². The van der Waals surface area contributed by atoms with Crippen molar-refractivity contribution in [2.75, 3.05) is 6.61 Å². The van der Waals surface area contributed by atoms with E-state index >= 15 is 0 Å². The normalized spacial score (nSPS) is 25.9. The lowest BCUT2D eigenvalue weighted by Crippen LogP contribution is -2.65. The Morgan fingerprint density at radius 3 is 2.42 bits per heavy atom. The monoisotopic (exact) mass is 427 g/mol. The van der Waals surface area contributed by atoms with Gasteiger partial charge in [-0.25, -0.2) is 0 Å². The van der Waals surface area contributed by atoms with Gasteiger partial charge in [-0.3, -0.25) is 9.59 Å². The van der Waals surface area contributed by atoms with Crippen LogP contribution >= 0.6 is 0 Å². The van der Waals surface area contributed by atoms with E-state index < -0.39 is 43.2 Å². The summed E-state index contributed by atoms with van der Waals surface area (Å²) in [6.45, 7) is 0.720. The maximum atomic E-state index is 12.4. The Balaban J connectivity index is 1.83. The molecule has 164 valence electrons.